The second kappa shape index (κ2) is 5.41. The number of hydrogen-bond donors (Lipinski definition) is 1. The monoisotopic (exact) mass is 217 g/mol. The molecule has 0 bridgehead atoms. The molecule has 0 heterocycles. The fraction of sp³-hybridized carbons (Fsp3) is 0.462. The minimum Gasteiger partial charge on any atom is -0.398 e. The predicted molar refractivity (Wildman–Crippen MR) is 68.3 cm³/mol. The molecule has 0 amide bonds. The van der Waals surface area contributed by atoms with E-state index in [1.807, 2.05) is 12.1 Å². The van der Waals surface area contributed by atoms with Gasteiger partial charge in [0.25, 0.3) is 0 Å². The fourth-order valence-corrected chi connectivity index (χ4v) is 1.92. The van der Waals surface area contributed by atoms with Crippen molar-refractivity contribution in [2.75, 3.05) is 17.7 Å². The number of nitrogens with two attached hydrogens (primary N) is 1. The lowest BCUT2D eigenvalue weighted by Crippen LogP contribution is -2.30. The third-order valence-corrected chi connectivity index (χ3v) is 3.05. The zero-order valence-electron chi connectivity index (χ0n) is 10.2. The molecule has 0 spiro atoms. The Kier molecular flexibility index (Phi) is 4.19. The van der Waals surface area contributed by atoms with Crippen LogP contribution in [0.5, 0.6) is 0 Å². The minimum absolute atomic E-state index is 0.521. The first-order valence-corrected chi connectivity index (χ1v) is 5.66. The Labute approximate surface area is 97.5 Å². The van der Waals surface area contributed by atoms with Crippen molar-refractivity contribution >= 4 is 11.4 Å². The summed E-state index contributed by atoms with van der Waals surface area (Å²) in [6, 6.07) is 8.20. The van der Waals surface area contributed by atoms with Crippen LogP contribution in [0.4, 0.5) is 11.4 Å². The molecule has 0 aromatic heterocycles. The van der Waals surface area contributed by atoms with Gasteiger partial charge in [0.15, 0.2) is 0 Å². The molecule has 86 valence electrons. The molecular formula is C13H19N3. The summed E-state index contributed by atoms with van der Waals surface area (Å²) in [5, 5.41) is 8.81. The molecule has 0 saturated carbocycles. The average molecular weight is 217 g/mol. The highest BCUT2D eigenvalue weighted by molar-refractivity contribution is 5.63. The molecule has 0 atom stereocenters. The third kappa shape index (κ3) is 2.46. The molecule has 0 unspecified atom stereocenters. The van der Waals surface area contributed by atoms with Crippen LogP contribution in [0.3, 0.4) is 0 Å². The maximum atomic E-state index is 8.81. The zero-order valence-corrected chi connectivity index (χ0v) is 10.2. The minimum atomic E-state index is 0.521. The topological polar surface area (TPSA) is 53.0 Å². The van der Waals surface area contributed by atoms with Gasteiger partial charge in [-0.25, -0.2) is 0 Å². The Bertz CT molecular complexity index is 389. The van der Waals surface area contributed by atoms with Gasteiger partial charge in [0.05, 0.1) is 11.3 Å². The van der Waals surface area contributed by atoms with Crippen LogP contribution in [0.2, 0.25) is 0 Å². The molecule has 2 N–H and O–H groups in total. The first-order chi connectivity index (χ1) is 7.63. The summed E-state index contributed by atoms with van der Waals surface area (Å²) in [5.74, 6) is 0. The van der Waals surface area contributed by atoms with Crippen molar-refractivity contribution in [1.29, 1.82) is 5.26 Å². The predicted octanol–water partition coefficient (Wildman–Crippen LogP) is 2.77. The number of nitrogen functional groups attached to an aromatic ring is 1. The molecule has 0 aliphatic heterocycles. The van der Waals surface area contributed by atoms with Crippen LogP contribution in [-0.4, -0.2) is 13.1 Å². The third-order valence-electron chi connectivity index (χ3n) is 3.05. The number of benzene rings is 1. The summed E-state index contributed by atoms with van der Waals surface area (Å²) in [4.78, 5) is 2.22. The quantitative estimate of drug-likeness (QED) is 0.789. The maximum Gasteiger partial charge on any atom is 0.101 e. The van der Waals surface area contributed by atoms with Crippen molar-refractivity contribution in [3.8, 4) is 6.07 Å². The molecule has 1 aromatic rings. The van der Waals surface area contributed by atoms with Crippen molar-refractivity contribution in [3.05, 3.63) is 23.8 Å². The summed E-state index contributed by atoms with van der Waals surface area (Å²) in [7, 11) is 2.07. The van der Waals surface area contributed by atoms with Crippen LogP contribution in [0.25, 0.3) is 0 Å². The highest BCUT2D eigenvalue weighted by atomic mass is 15.1. The number of hydrogen-bond acceptors (Lipinski definition) is 3. The highest BCUT2D eigenvalue weighted by Crippen LogP contribution is 2.23. The van der Waals surface area contributed by atoms with Crippen LogP contribution in [0.15, 0.2) is 18.2 Å². The molecule has 16 heavy (non-hydrogen) atoms. The van der Waals surface area contributed by atoms with E-state index in [1.54, 1.807) is 6.07 Å². The van der Waals surface area contributed by atoms with Gasteiger partial charge in [0, 0.05) is 18.8 Å². The lowest BCUT2D eigenvalue weighted by molar-refractivity contribution is 0.592. The van der Waals surface area contributed by atoms with Gasteiger partial charge in [-0.15, -0.1) is 0 Å². The van der Waals surface area contributed by atoms with Crippen molar-refractivity contribution in [2.45, 2.75) is 32.7 Å². The Balaban J connectivity index is 2.97. The SMILES string of the molecule is CCC(CC)N(C)c1ccc(C#N)c(N)c1. The fourth-order valence-electron chi connectivity index (χ4n) is 1.92. The van der Waals surface area contributed by atoms with Crippen molar-refractivity contribution in [3.63, 3.8) is 0 Å². The van der Waals surface area contributed by atoms with E-state index in [1.165, 1.54) is 0 Å². The summed E-state index contributed by atoms with van der Waals surface area (Å²) in [5.41, 5.74) is 7.97. The van der Waals surface area contributed by atoms with Gasteiger partial charge in [0.1, 0.15) is 6.07 Å². The van der Waals surface area contributed by atoms with Crippen molar-refractivity contribution < 1.29 is 0 Å². The first-order valence-electron chi connectivity index (χ1n) is 5.66. The molecule has 0 radical (unpaired) electrons. The highest BCUT2D eigenvalue weighted by Gasteiger charge is 2.11. The summed E-state index contributed by atoms with van der Waals surface area (Å²) in [6.07, 6.45) is 2.21. The van der Waals surface area contributed by atoms with Gasteiger partial charge < -0.3 is 10.6 Å². The standard InChI is InChI=1S/C13H19N3/c1-4-11(5-2)16(3)12-7-6-10(9-14)13(15)8-12/h6-8,11H,4-5,15H2,1-3H3. The molecule has 0 aliphatic rings. The normalized spacial score (nSPS) is 10.2. The first kappa shape index (κ1) is 12.4. The van der Waals surface area contributed by atoms with Crippen molar-refractivity contribution in [2.24, 2.45) is 0 Å². The van der Waals surface area contributed by atoms with Gasteiger partial charge in [-0.05, 0) is 31.0 Å². The van der Waals surface area contributed by atoms with E-state index >= 15 is 0 Å². The average Bonchev–Trinajstić information content (AvgIpc) is 2.30. The second-order valence-corrected chi connectivity index (χ2v) is 3.96. The molecule has 0 aliphatic carbocycles. The lowest BCUT2D eigenvalue weighted by atomic mass is 10.1. The number of nitrogens with zero attached hydrogens (tertiary/aromatic N) is 2. The van der Waals surface area contributed by atoms with Crippen LogP contribution < -0.4 is 10.6 Å². The van der Waals surface area contributed by atoms with E-state index in [0.29, 0.717) is 17.3 Å². The largest absolute Gasteiger partial charge is 0.398 e. The van der Waals surface area contributed by atoms with E-state index in [9.17, 15) is 0 Å². The number of nitriles is 1. The van der Waals surface area contributed by atoms with E-state index < -0.39 is 0 Å². The molecular weight excluding hydrogens is 198 g/mol. The van der Waals surface area contributed by atoms with Gasteiger partial charge in [-0.1, -0.05) is 13.8 Å². The molecule has 3 heteroatoms. The number of rotatable bonds is 4. The summed E-state index contributed by atoms with van der Waals surface area (Å²) < 4.78 is 0. The van der Waals surface area contributed by atoms with Crippen LogP contribution in [-0.2, 0) is 0 Å². The Morgan fingerprint density at radius 1 is 1.38 bits per heavy atom. The summed E-state index contributed by atoms with van der Waals surface area (Å²) >= 11 is 0. The maximum absolute atomic E-state index is 8.81. The van der Waals surface area contributed by atoms with Gasteiger partial charge in [-0.3, -0.25) is 0 Å². The van der Waals surface area contributed by atoms with E-state index in [0.717, 1.165) is 18.5 Å². The second-order valence-electron chi connectivity index (χ2n) is 3.96. The van der Waals surface area contributed by atoms with E-state index in [4.69, 9.17) is 11.0 Å². The molecule has 3 nitrogen and oxygen atoms in total. The van der Waals surface area contributed by atoms with Crippen LogP contribution in [0.1, 0.15) is 32.3 Å². The molecule has 1 aromatic carbocycles. The van der Waals surface area contributed by atoms with Gasteiger partial charge in [0.2, 0.25) is 0 Å². The van der Waals surface area contributed by atoms with Gasteiger partial charge >= 0.3 is 0 Å². The smallest absolute Gasteiger partial charge is 0.101 e. The lowest BCUT2D eigenvalue weighted by Gasteiger charge is -2.28. The molecule has 0 saturated heterocycles. The Hall–Kier alpha value is -1.69. The van der Waals surface area contributed by atoms with Crippen molar-refractivity contribution in [1.82, 2.24) is 0 Å². The molecule has 0 fully saturated rings. The number of anilines is 2. The van der Waals surface area contributed by atoms with E-state index in [2.05, 4.69) is 31.9 Å². The summed E-state index contributed by atoms with van der Waals surface area (Å²) in [6.45, 7) is 4.36. The van der Waals surface area contributed by atoms with Gasteiger partial charge in [-0.2, -0.15) is 5.26 Å². The molecule has 1 rings (SSSR count). The van der Waals surface area contributed by atoms with Crippen LogP contribution in [0, 0.1) is 11.3 Å². The Morgan fingerprint density at radius 2 is 2.00 bits per heavy atom. The van der Waals surface area contributed by atoms with Crippen LogP contribution >= 0.6 is 0 Å². The Morgan fingerprint density at radius 3 is 2.44 bits per heavy atom. The zero-order chi connectivity index (χ0) is 12.1. The van der Waals surface area contributed by atoms with E-state index in [-0.39, 0.29) is 0 Å².